The summed E-state index contributed by atoms with van der Waals surface area (Å²) in [6.45, 7) is 0.925. The minimum Gasteiger partial charge on any atom is -0.256 e. The van der Waals surface area contributed by atoms with Gasteiger partial charge in [0.15, 0.2) is 0 Å². The van der Waals surface area contributed by atoms with Gasteiger partial charge in [-0.25, -0.2) is 0 Å². The van der Waals surface area contributed by atoms with Gasteiger partial charge in [0, 0.05) is 17.7 Å². The van der Waals surface area contributed by atoms with E-state index >= 15 is 0 Å². The topological polar surface area (TPSA) is 24.4 Å². The van der Waals surface area contributed by atoms with Crippen molar-refractivity contribution in [1.82, 2.24) is 4.72 Å². The third-order valence-corrected chi connectivity index (χ3v) is 2.13. The van der Waals surface area contributed by atoms with Crippen LogP contribution in [0.1, 0.15) is 0 Å². The molecule has 0 fully saturated rings. The first-order valence-corrected chi connectivity index (χ1v) is 3.63. The van der Waals surface area contributed by atoms with Gasteiger partial charge in [-0.3, -0.25) is 9.71 Å². The molecule has 3 heteroatoms. The third-order valence-electron chi connectivity index (χ3n) is 1.25. The van der Waals surface area contributed by atoms with Crippen LogP contribution in [0.25, 0.3) is 0 Å². The second-order valence-corrected chi connectivity index (χ2v) is 2.78. The molecule has 46 valence electrons. The van der Waals surface area contributed by atoms with Crippen LogP contribution in [0.2, 0.25) is 0 Å². The maximum absolute atomic E-state index is 4.14. The standard InChI is InChI=1S/C6H6N2S/c1-4-8-9-6-2-3-7-5(1)6/h1-3,8H,4H2. The quantitative estimate of drug-likeness (QED) is 0.507. The van der Waals surface area contributed by atoms with Gasteiger partial charge in [-0.1, -0.05) is 0 Å². The van der Waals surface area contributed by atoms with Crippen LogP contribution >= 0.6 is 11.9 Å². The molecular formula is C6H6N2S. The number of rotatable bonds is 0. The second kappa shape index (κ2) is 2.01. The zero-order valence-corrected chi connectivity index (χ0v) is 5.61. The predicted molar refractivity (Wildman–Crippen MR) is 40.3 cm³/mol. The number of fused-ring (bicyclic) bond motifs is 1. The Morgan fingerprint density at radius 3 is 3.56 bits per heavy atom. The van der Waals surface area contributed by atoms with Gasteiger partial charge in [0.05, 0.1) is 5.70 Å². The minimum absolute atomic E-state index is 0.925. The highest BCUT2D eigenvalue weighted by molar-refractivity contribution is 8.01. The molecule has 0 bridgehead atoms. The molecule has 0 amide bonds. The highest BCUT2D eigenvalue weighted by atomic mass is 32.2. The lowest BCUT2D eigenvalue weighted by molar-refractivity contribution is 1.10. The van der Waals surface area contributed by atoms with Gasteiger partial charge in [0.25, 0.3) is 0 Å². The Balaban J connectivity index is 2.38. The maximum Gasteiger partial charge on any atom is 0.0752 e. The number of hydrogen-bond donors (Lipinski definition) is 1. The number of nitrogens with one attached hydrogen (secondary N) is 1. The van der Waals surface area contributed by atoms with Crippen LogP contribution in [0, 0.1) is 0 Å². The van der Waals surface area contributed by atoms with Gasteiger partial charge in [-0.05, 0) is 24.1 Å². The number of allylic oxidation sites excluding steroid dienone is 1. The van der Waals surface area contributed by atoms with Crippen molar-refractivity contribution in [3.05, 3.63) is 22.8 Å². The average Bonchev–Trinajstić information content (AvgIpc) is 2.33. The molecule has 0 saturated carbocycles. The number of hydrogen-bond acceptors (Lipinski definition) is 3. The zero-order chi connectivity index (χ0) is 6.10. The first-order valence-electron chi connectivity index (χ1n) is 2.81. The SMILES string of the molecule is C1=NC2=CCNSC2=C1. The van der Waals surface area contributed by atoms with Gasteiger partial charge < -0.3 is 0 Å². The van der Waals surface area contributed by atoms with Crippen molar-refractivity contribution in [3.8, 4) is 0 Å². The normalized spacial score (nSPS) is 23.1. The van der Waals surface area contributed by atoms with Crippen molar-refractivity contribution in [2.75, 3.05) is 6.54 Å². The first-order chi connectivity index (χ1) is 4.47. The summed E-state index contributed by atoms with van der Waals surface area (Å²) in [5.74, 6) is 0. The van der Waals surface area contributed by atoms with Crippen LogP contribution in [0.15, 0.2) is 27.7 Å². The Labute approximate surface area is 57.9 Å². The zero-order valence-electron chi connectivity index (χ0n) is 4.79. The van der Waals surface area contributed by atoms with Crippen LogP contribution in [-0.4, -0.2) is 12.8 Å². The smallest absolute Gasteiger partial charge is 0.0752 e. The summed E-state index contributed by atoms with van der Waals surface area (Å²) in [5.41, 5.74) is 1.12. The van der Waals surface area contributed by atoms with E-state index in [4.69, 9.17) is 0 Å². The van der Waals surface area contributed by atoms with Crippen LogP contribution in [0.5, 0.6) is 0 Å². The maximum atomic E-state index is 4.14. The molecule has 0 atom stereocenters. The number of aliphatic imine (C=N–C) groups is 1. The molecular weight excluding hydrogens is 132 g/mol. The molecule has 0 saturated heterocycles. The van der Waals surface area contributed by atoms with E-state index in [0.717, 1.165) is 12.2 Å². The van der Waals surface area contributed by atoms with Crippen molar-refractivity contribution in [2.45, 2.75) is 0 Å². The van der Waals surface area contributed by atoms with Crippen LogP contribution in [0.4, 0.5) is 0 Å². The van der Waals surface area contributed by atoms with Crippen molar-refractivity contribution < 1.29 is 0 Å². The van der Waals surface area contributed by atoms with Crippen LogP contribution < -0.4 is 4.72 Å². The van der Waals surface area contributed by atoms with Crippen molar-refractivity contribution in [1.29, 1.82) is 0 Å². The van der Waals surface area contributed by atoms with Crippen LogP contribution in [0.3, 0.4) is 0 Å². The highest BCUT2D eigenvalue weighted by Crippen LogP contribution is 2.27. The summed E-state index contributed by atoms with van der Waals surface area (Å²) in [6, 6.07) is 0. The molecule has 0 aromatic heterocycles. The Morgan fingerprint density at radius 2 is 2.67 bits per heavy atom. The Kier molecular flexibility index (Phi) is 1.17. The van der Waals surface area contributed by atoms with E-state index in [1.54, 1.807) is 11.9 Å². The summed E-state index contributed by atoms with van der Waals surface area (Å²) in [5, 5.41) is 0. The summed E-state index contributed by atoms with van der Waals surface area (Å²) >= 11 is 1.65. The van der Waals surface area contributed by atoms with Crippen LogP contribution in [-0.2, 0) is 0 Å². The molecule has 2 aliphatic rings. The van der Waals surface area contributed by atoms with Crippen molar-refractivity contribution >= 4 is 18.2 Å². The predicted octanol–water partition coefficient (Wildman–Crippen LogP) is 1.09. The van der Waals surface area contributed by atoms with Crippen molar-refractivity contribution in [3.63, 3.8) is 0 Å². The fourth-order valence-electron chi connectivity index (χ4n) is 0.832. The largest absolute Gasteiger partial charge is 0.256 e. The van der Waals surface area contributed by atoms with E-state index < -0.39 is 0 Å². The molecule has 0 aliphatic carbocycles. The molecule has 2 rings (SSSR count). The van der Waals surface area contributed by atoms with E-state index in [1.165, 1.54) is 4.91 Å². The van der Waals surface area contributed by atoms with Gasteiger partial charge >= 0.3 is 0 Å². The summed E-state index contributed by atoms with van der Waals surface area (Å²) in [4.78, 5) is 5.38. The summed E-state index contributed by atoms with van der Waals surface area (Å²) < 4.78 is 3.15. The number of nitrogens with zero attached hydrogens (tertiary/aromatic N) is 1. The van der Waals surface area contributed by atoms with E-state index in [9.17, 15) is 0 Å². The molecule has 1 N–H and O–H groups in total. The molecule has 0 radical (unpaired) electrons. The highest BCUT2D eigenvalue weighted by Gasteiger charge is 2.10. The average molecular weight is 138 g/mol. The molecule has 2 heterocycles. The van der Waals surface area contributed by atoms with E-state index in [-0.39, 0.29) is 0 Å². The third kappa shape index (κ3) is 0.821. The second-order valence-electron chi connectivity index (χ2n) is 1.85. The molecule has 2 nitrogen and oxygen atoms in total. The molecule has 0 unspecified atom stereocenters. The van der Waals surface area contributed by atoms with E-state index in [0.29, 0.717) is 0 Å². The van der Waals surface area contributed by atoms with Gasteiger partial charge in [0.1, 0.15) is 0 Å². The summed E-state index contributed by atoms with van der Waals surface area (Å²) in [7, 11) is 0. The lowest BCUT2D eigenvalue weighted by atomic mass is 10.4. The van der Waals surface area contributed by atoms with Gasteiger partial charge in [-0.2, -0.15) is 0 Å². The van der Waals surface area contributed by atoms with Gasteiger partial charge in [-0.15, -0.1) is 0 Å². The first kappa shape index (κ1) is 5.26. The van der Waals surface area contributed by atoms with Gasteiger partial charge in [0.2, 0.25) is 0 Å². The Bertz CT molecular complexity index is 215. The Hall–Kier alpha value is -0.540. The molecule has 0 aromatic rings. The lowest BCUT2D eigenvalue weighted by Gasteiger charge is -2.08. The van der Waals surface area contributed by atoms with E-state index in [1.807, 2.05) is 12.3 Å². The molecule has 2 aliphatic heterocycles. The summed E-state index contributed by atoms with van der Waals surface area (Å²) in [6.07, 6.45) is 5.94. The fourth-order valence-corrected chi connectivity index (χ4v) is 1.52. The molecule has 0 spiro atoms. The van der Waals surface area contributed by atoms with E-state index in [2.05, 4.69) is 15.8 Å². The molecule has 0 aromatic carbocycles. The Morgan fingerprint density at radius 1 is 1.67 bits per heavy atom. The minimum atomic E-state index is 0.925. The lowest BCUT2D eigenvalue weighted by Crippen LogP contribution is -2.08. The molecule has 9 heavy (non-hydrogen) atoms. The van der Waals surface area contributed by atoms with Crippen molar-refractivity contribution in [2.24, 2.45) is 4.99 Å². The fraction of sp³-hybridized carbons (Fsp3) is 0.167. The monoisotopic (exact) mass is 138 g/mol.